The van der Waals surface area contributed by atoms with Crippen molar-refractivity contribution < 1.29 is 18.3 Å². The molecule has 1 aromatic carbocycles. The molecule has 0 bridgehead atoms. The van der Waals surface area contributed by atoms with Crippen LogP contribution in [0.5, 0.6) is 5.75 Å². The Morgan fingerprint density at radius 2 is 1.96 bits per heavy atom. The minimum atomic E-state index is -0.800. The van der Waals surface area contributed by atoms with E-state index >= 15 is 0 Å². The first-order chi connectivity index (χ1) is 13.4. The van der Waals surface area contributed by atoms with Gasteiger partial charge in [-0.25, -0.2) is 8.78 Å². The fourth-order valence-corrected chi connectivity index (χ4v) is 2.99. The normalized spacial score (nSPS) is 11.9. The zero-order chi connectivity index (χ0) is 20.3. The first-order valence-electron chi connectivity index (χ1n) is 8.54. The van der Waals surface area contributed by atoms with Gasteiger partial charge in [0.1, 0.15) is 5.82 Å². The zero-order valence-corrected chi connectivity index (χ0v) is 15.4. The molecule has 7 heteroatoms. The molecule has 0 aliphatic rings. The molecule has 2 heterocycles. The van der Waals surface area contributed by atoms with E-state index in [0.29, 0.717) is 11.1 Å². The molecule has 0 saturated heterocycles. The molecule has 0 unspecified atom stereocenters. The minimum Gasteiger partial charge on any atom is -0.494 e. The number of aromatic nitrogens is 2. The lowest BCUT2D eigenvalue weighted by Gasteiger charge is -2.18. The van der Waals surface area contributed by atoms with Crippen molar-refractivity contribution in [2.45, 2.75) is 12.3 Å². The molecule has 0 fully saturated rings. The van der Waals surface area contributed by atoms with Crippen LogP contribution in [0.25, 0.3) is 0 Å². The summed E-state index contributed by atoms with van der Waals surface area (Å²) >= 11 is 0. The fraction of sp³-hybridized carbons (Fsp3) is 0.190. The maximum Gasteiger partial charge on any atom is 0.250 e. The molecule has 3 rings (SSSR count). The molecular formula is C21H18F2N2O3. The number of carbonyl (C=O) groups is 1. The molecule has 3 aromatic rings. The molecule has 0 spiro atoms. The van der Waals surface area contributed by atoms with Crippen LogP contribution >= 0.6 is 0 Å². The van der Waals surface area contributed by atoms with Gasteiger partial charge < -0.3 is 9.30 Å². The first-order valence-corrected chi connectivity index (χ1v) is 8.54. The van der Waals surface area contributed by atoms with Gasteiger partial charge in [-0.2, -0.15) is 0 Å². The second-order valence-electron chi connectivity index (χ2n) is 6.31. The Labute approximate surface area is 160 Å². The Bertz CT molecular complexity index is 1080. The van der Waals surface area contributed by atoms with Crippen LogP contribution in [0.3, 0.4) is 0 Å². The topological polar surface area (TPSA) is 61.2 Å². The Balaban J connectivity index is 2.02. The average molecular weight is 384 g/mol. The second-order valence-corrected chi connectivity index (χ2v) is 6.31. The van der Waals surface area contributed by atoms with E-state index in [1.54, 1.807) is 6.07 Å². The number of Topliss-reactive ketones (excluding diaryl/α,β-unsaturated/α-hetero) is 1. The van der Waals surface area contributed by atoms with Crippen molar-refractivity contribution >= 4 is 5.78 Å². The van der Waals surface area contributed by atoms with Crippen molar-refractivity contribution in [3.05, 3.63) is 93.7 Å². The van der Waals surface area contributed by atoms with Gasteiger partial charge in [0.2, 0.25) is 5.56 Å². The number of ketones is 1. The Kier molecular flexibility index (Phi) is 5.63. The van der Waals surface area contributed by atoms with E-state index in [-0.39, 0.29) is 29.2 Å². The lowest BCUT2D eigenvalue weighted by Crippen LogP contribution is -2.18. The van der Waals surface area contributed by atoms with Crippen LogP contribution < -0.4 is 10.3 Å². The standard InChI is InChI=1S/C21H18F2N2O3/c1-25-12-14(6-8-20(25)27)18(26)11-15(21-16(22)4-3-9-24-21)13-5-7-19(28-2)17(23)10-13/h3-10,12,15H,11H2,1-2H3/t15-/m0/s1. The van der Waals surface area contributed by atoms with Gasteiger partial charge in [-0.15, -0.1) is 0 Å². The largest absolute Gasteiger partial charge is 0.494 e. The van der Waals surface area contributed by atoms with E-state index in [0.717, 1.165) is 0 Å². The smallest absolute Gasteiger partial charge is 0.250 e. The van der Waals surface area contributed by atoms with Crippen LogP contribution in [0.15, 0.2) is 59.7 Å². The number of nitrogens with zero attached hydrogens (tertiary/aromatic N) is 2. The van der Waals surface area contributed by atoms with Crippen molar-refractivity contribution in [1.82, 2.24) is 9.55 Å². The Morgan fingerprint density at radius 1 is 1.18 bits per heavy atom. The van der Waals surface area contributed by atoms with E-state index in [9.17, 15) is 18.4 Å². The zero-order valence-electron chi connectivity index (χ0n) is 15.4. The van der Waals surface area contributed by atoms with E-state index < -0.39 is 17.6 Å². The molecule has 2 aromatic heterocycles. The highest BCUT2D eigenvalue weighted by atomic mass is 19.1. The molecule has 5 nitrogen and oxygen atoms in total. The summed E-state index contributed by atoms with van der Waals surface area (Å²) in [5, 5.41) is 0. The summed E-state index contributed by atoms with van der Waals surface area (Å²) in [7, 11) is 2.88. The number of carbonyl (C=O) groups excluding carboxylic acids is 1. The summed E-state index contributed by atoms with van der Waals surface area (Å²) in [5.41, 5.74) is 0.498. The summed E-state index contributed by atoms with van der Waals surface area (Å²) in [4.78, 5) is 28.4. The quantitative estimate of drug-likeness (QED) is 0.611. The second kappa shape index (κ2) is 8.12. The number of hydrogen-bond acceptors (Lipinski definition) is 4. The highest BCUT2D eigenvalue weighted by Gasteiger charge is 2.24. The summed E-state index contributed by atoms with van der Waals surface area (Å²) in [6.07, 6.45) is 2.70. The lowest BCUT2D eigenvalue weighted by molar-refractivity contribution is 0.0976. The molecule has 28 heavy (non-hydrogen) atoms. The van der Waals surface area contributed by atoms with E-state index in [2.05, 4.69) is 4.98 Å². The number of hydrogen-bond donors (Lipinski definition) is 0. The maximum atomic E-state index is 14.4. The Morgan fingerprint density at radius 3 is 2.61 bits per heavy atom. The minimum absolute atomic E-state index is 0.0465. The van der Waals surface area contributed by atoms with Gasteiger partial charge in [0, 0.05) is 43.4 Å². The number of halogens is 2. The van der Waals surface area contributed by atoms with Gasteiger partial charge in [-0.3, -0.25) is 14.6 Å². The number of methoxy groups -OCH3 is 1. The van der Waals surface area contributed by atoms with Crippen LogP contribution in [0.2, 0.25) is 0 Å². The molecule has 1 atom stereocenters. The van der Waals surface area contributed by atoms with E-state index in [4.69, 9.17) is 4.74 Å². The number of aryl methyl sites for hydroxylation is 1. The van der Waals surface area contributed by atoms with Crippen LogP contribution in [0.1, 0.15) is 34.0 Å². The molecule has 0 aliphatic carbocycles. The van der Waals surface area contributed by atoms with Crippen LogP contribution in [-0.4, -0.2) is 22.4 Å². The summed E-state index contributed by atoms with van der Waals surface area (Å²) in [6.45, 7) is 0. The molecule has 0 radical (unpaired) electrons. The van der Waals surface area contributed by atoms with Crippen LogP contribution in [-0.2, 0) is 7.05 Å². The third-order valence-corrected chi connectivity index (χ3v) is 4.49. The number of rotatable bonds is 6. The van der Waals surface area contributed by atoms with Gasteiger partial charge >= 0.3 is 0 Å². The molecular weight excluding hydrogens is 366 g/mol. The van der Waals surface area contributed by atoms with Gasteiger partial charge in [0.05, 0.1) is 12.8 Å². The van der Waals surface area contributed by atoms with Gasteiger partial charge in [-0.05, 0) is 35.9 Å². The van der Waals surface area contributed by atoms with Crippen LogP contribution in [0.4, 0.5) is 8.78 Å². The van der Waals surface area contributed by atoms with Crippen molar-refractivity contribution in [3.63, 3.8) is 0 Å². The fourth-order valence-electron chi connectivity index (χ4n) is 2.99. The van der Waals surface area contributed by atoms with Crippen LogP contribution in [0, 0.1) is 11.6 Å². The molecule has 0 N–H and O–H groups in total. The average Bonchev–Trinajstić information content (AvgIpc) is 2.68. The van der Waals surface area contributed by atoms with Gasteiger partial charge in [-0.1, -0.05) is 6.07 Å². The van der Waals surface area contributed by atoms with Crippen molar-refractivity contribution in [1.29, 1.82) is 0 Å². The van der Waals surface area contributed by atoms with Crippen molar-refractivity contribution in [2.24, 2.45) is 7.05 Å². The van der Waals surface area contributed by atoms with Crippen molar-refractivity contribution in [2.75, 3.05) is 7.11 Å². The van der Waals surface area contributed by atoms with Gasteiger partial charge in [0.15, 0.2) is 17.3 Å². The predicted molar refractivity (Wildman–Crippen MR) is 99.6 cm³/mol. The summed E-state index contributed by atoms with van der Waals surface area (Å²) in [6, 6.07) is 9.61. The van der Waals surface area contributed by atoms with Crippen molar-refractivity contribution in [3.8, 4) is 5.75 Å². The maximum absolute atomic E-state index is 14.4. The molecule has 0 amide bonds. The predicted octanol–water partition coefficient (Wildman–Crippen LogP) is 3.47. The molecule has 144 valence electrons. The van der Waals surface area contributed by atoms with Gasteiger partial charge in [0.25, 0.3) is 0 Å². The first kappa shape index (κ1) is 19.4. The lowest BCUT2D eigenvalue weighted by atomic mass is 9.88. The number of pyridine rings is 2. The third kappa shape index (κ3) is 3.98. The monoisotopic (exact) mass is 384 g/mol. The highest BCUT2D eigenvalue weighted by molar-refractivity contribution is 5.96. The summed E-state index contributed by atoms with van der Waals surface area (Å²) < 4.78 is 34.8. The number of benzene rings is 1. The molecule has 0 saturated carbocycles. The Hall–Kier alpha value is -3.35. The van der Waals surface area contributed by atoms with E-state index in [1.807, 2.05) is 0 Å². The SMILES string of the molecule is COc1ccc([C@H](CC(=O)c2ccc(=O)n(C)c2)c2ncccc2F)cc1F. The molecule has 0 aliphatic heterocycles. The summed E-state index contributed by atoms with van der Waals surface area (Å²) in [5.74, 6) is -2.27. The highest BCUT2D eigenvalue weighted by Crippen LogP contribution is 2.32. The third-order valence-electron chi connectivity index (χ3n) is 4.49. The van der Waals surface area contributed by atoms with E-state index in [1.165, 1.54) is 67.5 Å². The number of ether oxygens (including phenoxy) is 1.